The second kappa shape index (κ2) is 13.4. The highest BCUT2D eigenvalue weighted by atomic mass is 16.2. The van der Waals surface area contributed by atoms with Gasteiger partial charge in [0, 0.05) is 53.9 Å². The number of carbonyl (C=O) groups is 8. The molecule has 1 aromatic carbocycles. The summed E-state index contributed by atoms with van der Waals surface area (Å²) in [6.45, 7) is 0. The van der Waals surface area contributed by atoms with Crippen molar-refractivity contribution in [1.82, 2.24) is 19.6 Å². The fourth-order valence-corrected chi connectivity index (χ4v) is 5.19. The van der Waals surface area contributed by atoms with E-state index in [1.807, 2.05) is 0 Å². The molecule has 12 heteroatoms. The van der Waals surface area contributed by atoms with Gasteiger partial charge >= 0.3 is 0 Å². The molecule has 220 valence electrons. The third-order valence-electron chi connectivity index (χ3n) is 7.89. The van der Waals surface area contributed by atoms with Crippen LogP contribution in [0.1, 0.15) is 78.5 Å². The number of amides is 8. The van der Waals surface area contributed by atoms with Gasteiger partial charge in [-0.2, -0.15) is 0 Å². The summed E-state index contributed by atoms with van der Waals surface area (Å²) >= 11 is 0. The molecule has 3 saturated heterocycles. The zero-order valence-corrected chi connectivity index (χ0v) is 23.9. The molecule has 4 fully saturated rings. The zero-order chi connectivity index (χ0) is 30.4. The van der Waals surface area contributed by atoms with Gasteiger partial charge in [0.1, 0.15) is 0 Å². The van der Waals surface area contributed by atoms with E-state index in [-0.39, 0.29) is 59.1 Å². The molecule has 4 heterocycles. The first-order valence-electron chi connectivity index (χ1n) is 13.7. The van der Waals surface area contributed by atoms with Gasteiger partial charge in [0.2, 0.25) is 35.4 Å². The zero-order valence-electron chi connectivity index (χ0n) is 23.9. The summed E-state index contributed by atoms with van der Waals surface area (Å²) in [5.41, 5.74) is 1.01. The molecule has 8 amide bonds. The van der Waals surface area contributed by atoms with Crippen LogP contribution in [0.25, 0.3) is 0 Å². The van der Waals surface area contributed by atoms with E-state index < -0.39 is 0 Å². The molecule has 2 atom stereocenters. The second-order valence-electron chi connectivity index (χ2n) is 10.5. The van der Waals surface area contributed by atoms with Crippen molar-refractivity contribution in [3.05, 3.63) is 35.4 Å². The molecular formula is C29H36N4O8. The van der Waals surface area contributed by atoms with Gasteiger partial charge in [-0.25, -0.2) is 0 Å². The molecule has 6 rings (SSSR count). The van der Waals surface area contributed by atoms with Crippen LogP contribution in [-0.4, -0.2) is 95.0 Å². The molecular weight excluding hydrogens is 532 g/mol. The smallest absolute Gasteiger partial charge is 0.261 e. The third kappa shape index (κ3) is 6.93. The highest BCUT2D eigenvalue weighted by Crippen LogP contribution is 2.37. The summed E-state index contributed by atoms with van der Waals surface area (Å²) in [4.78, 5) is 92.7. The molecule has 12 nitrogen and oxygen atoms in total. The van der Waals surface area contributed by atoms with Crippen molar-refractivity contribution in [3.63, 3.8) is 0 Å². The Bertz CT molecular complexity index is 1180. The van der Waals surface area contributed by atoms with Crippen LogP contribution in [0.15, 0.2) is 24.3 Å². The Kier molecular flexibility index (Phi) is 10.3. The van der Waals surface area contributed by atoms with E-state index in [1.54, 1.807) is 31.3 Å². The van der Waals surface area contributed by atoms with Gasteiger partial charge in [0.15, 0.2) is 0 Å². The maximum Gasteiger partial charge on any atom is 0.261 e. The van der Waals surface area contributed by atoms with Gasteiger partial charge in [-0.05, 0) is 31.4 Å². The van der Waals surface area contributed by atoms with Crippen molar-refractivity contribution in [2.24, 2.45) is 11.8 Å². The van der Waals surface area contributed by atoms with Gasteiger partial charge in [-0.3, -0.25) is 58.0 Å². The number of rotatable bonds is 0. The van der Waals surface area contributed by atoms with Crippen LogP contribution in [0.4, 0.5) is 0 Å². The summed E-state index contributed by atoms with van der Waals surface area (Å²) in [5, 5.41) is 0. The van der Waals surface area contributed by atoms with Gasteiger partial charge < -0.3 is 0 Å². The van der Waals surface area contributed by atoms with Crippen LogP contribution in [-0.2, 0) is 28.8 Å². The Hall–Kier alpha value is -4.22. The average Bonchev–Trinajstić information content (AvgIpc) is 3.49. The largest absolute Gasteiger partial charge is 0.286 e. The standard InChI is InChI=1S/C9H13NO2.C9H7NO2.C6H9NO2.C5H7NO2/c2*1-10-8(11)6-4-2-3-5-7(6)9(10)12;1-7-5(8)3-2-4-6(7)9;1-6-4(7)2-3-5(6)8/h6-7H,2-5H2,1H3;2-5H,1H3;2-4H2,1H3;2-3H2,1H3. The van der Waals surface area contributed by atoms with Crippen LogP contribution in [0, 0.1) is 11.8 Å². The summed E-state index contributed by atoms with van der Waals surface area (Å²) in [6.07, 6.45) is 6.62. The maximum atomic E-state index is 11.5. The lowest BCUT2D eigenvalue weighted by Crippen LogP contribution is -2.36. The molecule has 0 aromatic heterocycles. The highest BCUT2D eigenvalue weighted by Gasteiger charge is 2.46. The van der Waals surface area contributed by atoms with E-state index in [1.165, 1.54) is 35.8 Å². The number of likely N-dealkylation sites (tertiary alicyclic amines) is 3. The highest BCUT2D eigenvalue weighted by molar-refractivity contribution is 6.21. The molecule has 41 heavy (non-hydrogen) atoms. The Balaban J connectivity index is 0.000000153. The van der Waals surface area contributed by atoms with E-state index in [4.69, 9.17) is 0 Å². The first-order chi connectivity index (χ1) is 19.4. The molecule has 0 N–H and O–H groups in total. The van der Waals surface area contributed by atoms with Gasteiger partial charge in [-0.15, -0.1) is 0 Å². The van der Waals surface area contributed by atoms with Crippen LogP contribution in [0.2, 0.25) is 0 Å². The van der Waals surface area contributed by atoms with E-state index in [0.29, 0.717) is 36.8 Å². The number of carbonyl (C=O) groups excluding carboxylic acids is 8. The summed E-state index contributed by atoms with van der Waals surface area (Å²) in [6, 6.07) is 6.84. The minimum atomic E-state index is -0.212. The average molecular weight is 569 g/mol. The lowest BCUT2D eigenvalue weighted by Gasteiger charge is -2.19. The Morgan fingerprint density at radius 1 is 0.488 bits per heavy atom. The lowest BCUT2D eigenvalue weighted by atomic mass is 9.81. The molecule has 1 aliphatic carbocycles. The van der Waals surface area contributed by atoms with Gasteiger partial charge in [0.25, 0.3) is 11.8 Å². The van der Waals surface area contributed by atoms with E-state index in [2.05, 4.69) is 0 Å². The molecule has 1 saturated carbocycles. The summed E-state index contributed by atoms with van der Waals surface area (Å²) in [7, 11) is 6.13. The molecule has 0 spiro atoms. The Morgan fingerprint density at radius 2 is 0.854 bits per heavy atom. The van der Waals surface area contributed by atoms with E-state index >= 15 is 0 Å². The molecule has 1 aromatic rings. The van der Waals surface area contributed by atoms with Crippen LogP contribution < -0.4 is 0 Å². The van der Waals surface area contributed by atoms with Crippen molar-refractivity contribution in [2.75, 3.05) is 28.2 Å². The van der Waals surface area contributed by atoms with E-state index in [9.17, 15) is 38.4 Å². The number of imide groups is 4. The summed E-state index contributed by atoms with van der Waals surface area (Å²) < 4.78 is 0. The van der Waals surface area contributed by atoms with Crippen LogP contribution in [0.5, 0.6) is 0 Å². The predicted molar refractivity (Wildman–Crippen MR) is 145 cm³/mol. The number of nitrogens with zero attached hydrogens (tertiary/aromatic N) is 4. The lowest BCUT2D eigenvalue weighted by molar-refractivity contribution is -0.146. The monoisotopic (exact) mass is 568 g/mol. The topological polar surface area (TPSA) is 150 Å². The minimum absolute atomic E-state index is 0.0243. The fourth-order valence-electron chi connectivity index (χ4n) is 5.19. The SMILES string of the molecule is CN1C(=O)C2CCCCC2C1=O.CN1C(=O)CCC1=O.CN1C(=O)CCCC1=O.CN1C(=O)c2ccccc2C1=O. The van der Waals surface area contributed by atoms with Crippen molar-refractivity contribution >= 4 is 47.3 Å². The Labute approximate surface area is 238 Å². The third-order valence-corrected chi connectivity index (χ3v) is 7.89. The first-order valence-corrected chi connectivity index (χ1v) is 13.7. The fraction of sp³-hybridized carbons (Fsp3) is 0.517. The molecule has 0 bridgehead atoms. The van der Waals surface area contributed by atoms with Crippen molar-refractivity contribution in [1.29, 1.82) is 0 Å². The van der Waals surface area contributed by atoms with Gasteiger partial charge in [-0.1, -0.05) is 25.0 Å². The van der Waals surface area contributed by atoms with E-state index in [0.717, 1.165) is 37.0 Å². The maximum absolute atomic E-state index is 11.5. The molecule has 2 unspecified atom stereocenters. The van der Waals surface area contributed by atoms with Crippen molar-refractivity contribution in [2.45, 2.75) is 57.8 Å². The summed E-state index contributed by atoms with van der Waals surface area (Å²) in [5.74, 6) is -0.504. The second-order valence-corrected chi connectivity index (χ2v) is 10.5. The predicted octanol–water partition coefficient (Wildman–Crippen LogP) is 1.62. The quantitative estimate of drug-likeness (QED) is 0.429. The van der Waals surface area contributed by atoms with Crippen molar-refractivity contribution in [3.8, 4) is 0 Å². The number of hydrogen-bond donors (Lipinski definition) is 0. The number of fused-ring (bicyclic) bond motifs is 2. The van der Waals surface area contributed by atoms with Gasteiger partial charge in [0.05, 0.1) is 23.0 Å². The minimum Gasteiger partial charge on any atom is -0.286 e. The number of piperidine rings is 1. The normalized spacial score (nSPS) is 23.4. The molecule has 0 radical (unpaired) electrons. The Morgan fingerprint density at radius 3 is 1.20 bits per heavy atom. The van der Waals surface area contributed by atoms with Crippen LogP contribution >= 0.6 is 0 Å². The van der Waals surface area contributed by atoms with Crippen LogP contribution in [0.3, 0.4) is 0 Å². The number of benzene rings is 1. The molecule has 5 aliphatic rings. The van der Waals surface area contributed by atoms with Crippen molar-refractivity contribution < 1.29 is 38.4 Å². The molecule has 4 aliphatic heterocycles. The number of hydrogen-bond acceptors (Lipinski definition) is 8. The first kappa shape index (κ1) is 31.3.